The van der Waals surface area contributed by atoms with E-state index in [1.165, 1.54) is 16.9 Å². The second-order valence-electron chi connectivity index (χ2n) is 4.35. The van der Waals surface area contributed by atoms with Crippen molar-refractivity contribution in [2.24, 2.45) is 0 Å². The van der Waals surface area contributed by atoms with Gasteiger partial charge in [0.2, 0.25) is 0 Å². The van der Waals surface area contributed by atoms with Crippen molar-refractivity contribution in [3.63, 3.8) is 0 Å². The van der Waals surface area contributed by atoms with E-state index in [2.05, 4.69) is 5.10 Å². The summed E-state index contributed by atoms with van der Waals surface area (Å²) in [5, 5.41) is 3.86. The molecule has 0 aliphatic heterocycles. The first-order valence-corrected chi connectivity index (χ1v) is 7.63. The molecule has 0 aliphatic rings. The van der Waals surface area contributed by atoms with Gasteiger partial charge in [0.15, 0.2) is 17.5 Å². The molecule has 0 saturated carbocycles. The Morgan fingerprint density at radius 3 is 2.76 bits per heavy atom. The van der Waals surface area contributed by atoms with Crippen molar-refractivity contribution >= 4 is 21.5 Å². The molecule has 6 nitrogen and oxygen atoms in total. The van der Waals surface area contributed by atoms with Crippen molar-refractivity contribution in [3.05, 3.63) is 36.0 Å². The number of aromatic nitrogens is 2. The lowest BCUT2D eigenvalue weighted by molar-refractivity contribution is 0.511. The molecule has 9 heteroatoms. The van der Waals surface area contributed by atoms with Crippen molar-refractivity contribution in [1.82, 2.24) is 9.78 Å². The van der Waals surface area contributed by atoms with Crippen LogP contribution in [0.2, 0.25) is 0 Å². The molecule has 0 bridgehead atoms. The number of rotatable bonds is 5. The number of aryl methyl sites for hydroxylation is 1. The van der Waals surface area contributed by atoms with Crippen molar-refractivity contribution in [1.29, 1.82) is 0 Å². The Hall–Kier alpha value is -2.16. The Labute approximate surface area is 120 Å². The smallest absolute Gasteiger partial charge is 0.267 e. The maximum Gasteiger partial charge on any atom is 0.267 e. The SMILES string of the molecule is CCCn1cc(S(=O)(=O)Nc2cccc(F)c2F)c(N)n1. The number of hydrogen-bond donors (Lipinski definition) is 2. The van der Waals surface area contributed by atoms with Gasteiger partial charge in [0, 0.05) is 12.7 Å². The van der Waals surface area contributed by atoms with Crippen molar-refractivity contribution < 1.29 is 17.2 Å². The van der Waals surface area contributed by atoms with Crippen molar-refractivity contribution in [2.75, 3.05) is 10.5 Å². The van der Waals surface area contributed by atoms with Gasteiger partial charge >= 0.3 is 0 Å². The standard InChI is InChI=1S/C12H14F2N4O2S/c1-2-6-18-7-10(12(15)16-18)21(19,20)17-9-5-3-4-8(13)11(9)14/h3-5,7,17H,2,6H2,1H3,(H2,15,16). The Morgan fingerprint density at radius 2 is 2.10 bits per heavy atom. The number of benzene rings is 1. The molecule has 0 fully saturated rings. The summed E-state index contributed by atoms with van der Waals surface area (Å²) in [6.45, 7) is 2.39. The molecule has 0 radical (unpaired) electrons. The van der Waals surface area contributed by atoms with E-state index in [-0.39, 0.29) is 10.7 Å². The highest BCUT2D eigenvalue weighted by Gasteiger charge is 2.23. The number of nitrogens with zero attached hydrogens (tertiary/aromatic N) is 2. The molecular formula is C12H14F2N4O2S. The van der Waals surface area contributed by atoms with E-state index >= 15 is 0 Å². The maximum atomic E-state index is 13.5. The second kappa shape index (κ2) is 5.68. The molecule has 0 unspecified atom stereocenters. The average Bonchev–Trinajstić information content (AvgIpc) is 2.77. The average molecular weight is 316 g/mol. The molecule has 1 aromatic carbocycles. The van der Waals surface area contributed by atoms with Crippen LogP contribution in [0.5, 0.6) is 0 Å². The van der Waals surface area contributed by atoms with E-state index in [0.29, 0.717) is 6.54 Å². The zero-order valence-electron chi connectivity index (χ0n) is 11.2. The highest BCUT2D eigenvalue weighted by Crippen LogP contribution is 2.23. The normalized spacial score (nSPS) is 11.6. The van der Waals surface area contributed by atoms with Crippen LogP contribution in [0.3, 0.4) is 0 Å². The highest BCUT2D eigenvalue weighted by molar-refractivity contribution is 7.92. The van der Waals surface area contributed by atoms with E-state index in [0.717, 1.165) is 18.6 Å². The summed E-state index contributed by atoms with van der Waals surface area (Å²) < 4.78 is 54.3. The van der Waals surface area contributed by atoms with Gasteiger partial charge in [-0.25, -0.2) is 17.2 Å². The summed E-state index contributed by atoms with van der Waals surface area (Å²) >= 11 is 0. The molecule has 0 aliphatic carbocycles. The molecule has 0 saturated heterocycles. The van der Waals surface area contributed by atoms with Crippen LogP contribution in [-0.2, 0) is 16.6 Å². The minimum absolute atomic E-state index is 0.201. The van der Waals surface area contributed by atoms with E-state index in [1.54, 1.807) is 0 Å². The third-order valence-electron chi connectivity index (χ3n) is 2.69. The van der Waals surface area contributed by atoms with Crippen LogP contribution in [0.15, 0.2) is 29.3 Å². The third kappa shape index (κ3) is 3.13. The number of halogens is 2. The predicted octanol–water partition coefficient (Wildman–Crippen LogP) is 1.95. The van der Waals surface area contributed by atoms with Gasteiger partial charge in [-0.1, -0.05) is 13.0 Å². The van der Waals surface area contributed by atoms with Crippen LogP contribution < -0.4 is 10.5 Å². The summed E-state index contributed by atoms with van der Waals surface area (Å²) in [5.74, 6) is -2.63. The van der Waals surface area contributed by atoms with Gasteiger partial charge in [0.05, 0.1) is 5.69 Å². The van der Waals surface area contributed by atoms with E-state index in [9.17, 15) is 17.2 Å². The Bertz CT molecular complexity index is 759. The summed E-state index contributed by atoms with van der Waals surface area (Å²) in [7, 11) is -4.15. The fourth-order valence-electron chi connectivity index (χ4n) is 1.75. The van der Waals surface area contributed by atoms with Crippen LogP contribution in [-0.4, -0.2) is 18.2 Å². The number of sulfonamides is 1. The fraction of sp³-hybridized carbons (Fsp3) is 0.250. The van der Waals surface area contributed by atoms with Gasteiger partial charge in [-0.05, 0) is 18.6 Å². The Balaban J connectivity index is 2.36. The first-order chi connectivity index (χ1) is 9.85. The number of hydrogen-bond acceptors (Lipinski definition) is 4. The lowest BCUT2D eigenvalue weighted by Crippen LogP contribution is -2.15. The van der Waals surface area contributed by atoms with Crippen LogP contribution >= 0.6 is 0 Å². The van der Waals surface area contributed by atoms with Gasteiger partial charge < -0.3 is 5.73 Å². The Kier molecular flexibility index (Phi) is 4.12. The number of nitrogens with two attached hydrogens (primary N) is 1. The summed E-state index contributed by atoms with van der Waals surface area (Å²) in [6, 6.07) is 3.20. The molecule has 2 aromatic rings. The monoisotopic (exact) mass is 316 g/mol. The lowest BCUT2D eigenvalue weighted by Gasteiger charge is -2.08. The molecular weight excluding hydrogens is 302 g/mol. The topological polar surface area (TPSA) is 90.0 Å². The van der Waals surface area contributed by atoms with Crippen molar-refractivity contribution in [3.8, 4) is 0 Å². The number of nitrogens with one attached hydrogen (secondary N) is 1. The third-order valence-corrected chi connectivity index (χ3v) is 4.08. The van der Waals surface area contributed by atoms with Crippen LogP contribution in [0.1, 0.15) is 13.3 Å². The first kappa shape index (κ1) is 15.2. The lowest BCUT2D eigenvalue weighted by atomic mass is 10.3. The number of anilines is 2. The highest BCUT2D eigenvalue weighted by atomic mass is 32.2. The molecule has 3 N–H and O–H groups in total. The molecule has 2 rings (SSSR count). The van der Waals surface area contributed by atoms with Crippen LogP contribution in [0.25, 0.3) is 0 Å². The fourth-order valence-corrected chi connectivity index (χ4v) is 2.88. The largest absolute Gasteiger partial charge is 0.381 e. The van der Waals surface area contributed by atoms with Gasteiger partial charge in [-0.2, -0.15) is 5.10 Å². The predicted molar refractivity (Wildman–Crippen MR) is 74.1 cm³/mol. The number of nitrogen functional groups attached to an aromatic ring is 1. The molecule has 0 amide bonds. The Morgan fingerprint density at radius 1 is 1.38 bits per heavy atom. The summed E-state index contributed by atoms with van der Waals surface area (Å²) in [6.07, 6.45) is 1.99. The van der Waals surface area contributed by atoms with Crippen LogP contribution in [0.4, 0.5) is 20.3 Å². The summed E-state index contributed by atoms with van der Waals surface area (Å²) in [4.78, 5) is -0.278. The molecule has 114 valence electrons. The zero-order chi connectivity index (χ0) is 15.6. The quantitative estimate of drug-likeness (QED) is 0.882. The van der Waals surface area contributed by atoms with Gasteiger partial charge in [-0.3, -0.25) is 9.40 Å². The molecule has 1 heterocycles. The molecule has 0 spiro atoms. The van der Waals surface area contributed by atoms with E-state index in [1.807, 2.05) is 11.6 Å². The molecule has 1 aromatic heterocycles. The first-order valence-electron chi connectivity index (χ1n) is 6.15. The van der Waals surface area contributed by atoms with Gasteiger partial charge in [0.1, 0.15) is 4.90 Å². The maximum absolute atomic E-state index is 13.5. The van der Waals surface area contributed by atoms with Gasteiger partial charge in [0.25, 0.3) is 10.0 Å². The van der Waals surface area contributed by atoms with Gasteiger partial charge in [-0.15, -0.1) is 0 Å². The van der Waals surface area contributed by atoms with Crippen molar-refractivity contribution in [2.45, 2.75) is 24.8 Å². The second-order valence-corrected chi connectivity index (χ2v) is 6.00. The summed E-state index contributed by atoms with van der Waals surface area (Å²) in [5.41, 5.74) is 5.07. The van der Waals surface area contributed by atoms with E-state index in [4.69, 9.17) is 5.73 Å². The zero-order valence-corrected chi connectivity index (χ0v) is 12.0. The minimum atomic E-state index is -4.15. The molecule has 21 heavy (non-hydrogen) atoms. The van der Waals surface area contributed by atoms with Crippen LogP contribution in [0, 0.1) is 11.6 Å². The molecule has 0 atom stereocenters. The van der Waals surface area contributed by atoms with E-state index < -0.39 is 27.3 Å². The minimum Gasteiger partial charge on any atom is -0.381 e.